The van der Waals surface area contributed by atoms with Crippen molar-refractivity contribution in [3.63, 3.8) is 0 Å². The van der Waals surface area contributed by atoms with Crippen LogP contribution in [-0.2, 0) is 11.2 Å². The van der Waals surface area contributed by atoms with Crippen molar-refractivity contribution >= 4 is 11.9 Å². The minimum atomic E-state index is -0.418. The Morgan fingerprint density at radius 3 is 2.39 bits per heavy atom. The second kappa shape index (κ2) is 7.72. The second-order valence-corrected chi connectivity index (χ2v) is 7.02. The van der Waals surface area contributed by atoms with Crippen LogP contribution in [-0.4, -0.2) is 41.4 Å². The van der Waals surface area contributed by atoms with Crippen LogP contribution in [0.3, 0.4) is 0 Å². The van der Waals surface area contributed by atoms with Gasteiger partial charge in [-0.1, -0.05) is 66.7 Å². The van der Waals surface area contributed by atoms with E-state index in [0.717, 1.165) is 17.7 Å². The van der Waals surface area contributed by atoms with Crippen molar-refractivity contribution in [3.05, 3.63) is 95.7 Å². The number of carbonyl (C=O) groups is 2. The molecular formula is C23H23N3O2. The zero-order valence-corrected chi connectivity index (χ0v) is 15.7. The highest BCUT2D eigenvalue weighted by atomic mass is 16.2. The highest BCUT2D eigenvalue weighted by molar-refractivity contribution is 6.01. The van der Waals surface area contributed by atoms with E-state index in [-0.39, 0.29) is 11.9 Å². The van der Waals surface area contributed by atoms with Crippen molar-refractivity contribution in [2.24, 2.45) is 0 Å². The van der Waals surface area contributed by atoms with Gasteiger partial charge in [-0.25, -0.2) is 4.79 Å². The van der Waals surface area contributed by atoms with E-state index in [1.165, 1.54) is 5.56 Å². The number of carbonyl (C=O) groups excluding carboxylic acids is 2. The molecule has 0 aromatic heterocycles. The molecule has 2 aromatic rings. The van der Waals surface area contributed by atoms with Gasteiger partial charge in [0.25, 0.3) is 5.91 Å². The third-order valence-corrected chi connectivity index (χ3v) is 5.25. The molecule has 3 amide bonds. The summed E-state index contributed by atoms with van der Waals surface area (Å²) in [5.74, 6) is -0.00570. The molecule has 5 heteroatoms. The molecule has 1 atom stereocenters. The van der Waals surface area contributed by atoms with Crippen LogP contribution >= 0.6 is 0 Å². The monoisotopic (exact) mass is 373 g/mol. The molecule has 4 rings (SSSR count). The first kappa shape index (κ1) is 18.0. The summed E-state index contributed by atoms with van der Waals surface area (Å²) in [6, 6.07) is 19.2. The summed E-state index contributed by atoms with van der Waals surface area (Å²) in [4.78, 5) is 29.4. The molecule has 0 spiro atoms. The standard InChI is InChI=1S/C23H23N3O2/c1-2-14-26-19-16-25(15-13-17-9-5-3-6-10-17)22(27)20(19)21(24-23(26)28)18-11-7-4-8-12-18/h2-12,21H,1,13-16H2,(H,24,28). The Hall–Kier alpha value is -3.34. The minimum Gasteiger partial charge on any atom is -0.333 e. The van der Waals surface area contributed by atoms with E-state index >= 15 is 0 Å². The largest absolute Gasteiger partial charge is 0.333 e. The fourth-order valence-electron chi connectivity index (χ4n) is 3.86. The predicted octanol–water partition coefficient (Wildman–Crippen LogP) is 3.28. The molecule has 2 heterocycles. The SMILES string of the molecule is C=CCN1C(=O)NC(c2ccccc2)C2=C1CN(CCc1ccccc1)C2=O. The van der Waals surface area contributed by atoms with Crippen LogP contribution < -0.4 is 5.32 Å². The first-order valence-electron chi connectivity index (χ1n) is 9.49. The Bertz CT molecular complexity index is 921. The van der Waals surface area contributed by atoms with E-state index in [0.29, 0.717) is 25.2 Å². The summed E-state index contributed by atoms with van der Waals surface area (Å²) in [5, 5.41) is 3.00. The number of hydrogen-bond acceptors (Lipinski definition) is 2. The lowest BCUT2D eigenvalue weighted by molar-refractivity contribution is -0.125. The average Bonchev–Trinajstić information content (AvgIpc) is 3.06. The number of urea groups is 1. The Kier molecular flexibility index (Phi) is 4.98. The van der Waals surface area contributed by atoms with Crippen LogP contribution in [0.25, 0.3) is 0 Å². The van der Waals surface area contributed by atoms with Gasteiger partial charge in [0.2, 0.25) is 0 Å². The Morgan fingerprint density at radius 1 is 1.04 bits per heavy atom. The topological polar surface area (TPSA) is 52.7 Å². The number of hydrogen-bond donors (Lipinski definition) is 1. The first-order valence-corrected chi connectivity index (χ1v) is 9.49. The third-order valence-electron chi connectivity index (χ3n) is 5.25. The summed E-state index contributed by atoms with van der Waals surface area (Å²) in [6.45, 7) is 5.20. The summed E-state index contributed by atoms with van der Waals surface area (Å²) in [5.41, 5.74) is 3.56. The van der Waals surface area contributed by atoms with Crippen LogP contribution in [0.2, 0.25) is 0 Å². The number of amides is 3. The van der Waals surface area contributed by atoms with Crippen molar-refractivity contribution < 1.29 is 9.59 Å². The molecule has 142 valence electrons. The molecule has 1 N–H and O–H groups in total. The lowest BCUT2D eigenvalue weighted by atomic mass is 9.95. The van der Waals surface area contributed by atoms with Gasteiger partial charge in [-0.3, -0.25) is 9.69 Å². The quantitative estimate of drug-likeness (QED) is 0.790. The fourth-order valence-corrected chi connectivity index (χ4v) is 3.86. The molecule has 0 bridgehead atoms. The molecule has 2 aliphatic rings. The highest BCUT2D eigenvalue weighted by Crippen LogP contribution is 2.36. The molecule has 2 aromatic carbocycles. The summed E-state index contributed by atoms with van der Waals surface area (Å²) < 4.78 is 0. The third kappa shape index (κ3) is 3.31. The van der Waals surface area contributed by atoms with Gasteiger partial charge in [-0.05, 0) is 17.5 Å². The van der Waals surface area contributed by atoms with Crippen LogP contribution in [0.1, 0.15) is 17.2 Å². The lowest BCUT2D eigenvalue weighted by Gasteiger charge is -2.33. The van der Waals surface area contributed by atoms with Gasteiger partial charge in [0.15, 0.2) is 0 Å². The summed E-state index contributed by atoms with van der Waals surface area (Å²) in [7, 11) is 0. The van der Waals surface area contributed by atoms with Gasteiger partial charge < -0.3 is 10.2 Å². The molecule has 0 fully saturated rings. The minimum absolute atomic E-state index is 0.00570. The van der Waals surface area contributed by atoms with Crippen LogP contribution in [0, 0.1) is 0 Å². The second-order valence-electron chi connectivity index (χ2n) is 7.02. The van der Waals surface area contributed by atoms with Gasteiger partial charge in [-0.15, -0.1) is 6.58 Å². The first-order chi connectivity index (χ1) is 13.7. The summed E-state index contributed by atoms with van der Waals surface area (Å²) in [6.07, 6.45) is 2.47. The smallest absolute Gasteiger partial charge is 0.322 e. The maximum absolute atomic E-state index is 13.3. The van der Waals surface area contributed by atoms with E-state index < -0.39 is 6.04 Å². The molecule has 1 unspecified atom stereocenters. The van der Waals surface area contributed by atoms with E-state index in [2.05, 4.69) is 24.0 Å². The maximum Gasteiger partial charge on any atom is 0.322 e. The van der Waals surface area contributed by atoms with Gasteiger partial charge in [-0.2, -0.15) is 0 Å². The van der Waals surface area contributed by atoms with Crippen LogP contribution in [0.15, 0.2) is 84.6 Å². The number of nitrogens with zero attached hydrogens (tertiary/aromatic N) is 2. The molecule has 5 nitrogen and oxygen atoms in total. The van der Waals surface area contributed by atoms with Crippen molar-refractivity contribution in [1.29, 1.82) is 0 Å². The van der Waals surface area contributed by atoms with E-state index in [1.807, 2.05) is 53.4 Å². The molecule has 2 aliphatic heterocycles. The van der Waals surface area contributed by atoms with Gasteiger partial charge in [0.05, 0.1) is 23.9 Å². The van der Waals surface area contributed by atoms with Gasteiger partial charge in [0, 0.05) is 13.1 Å². The molecule has 28 heavy (non-hydrogen) atoms. The summed E-state index contributed by atoms with van der Waals surface area (Å²) >= 11 is 0. The van der Waals surface area contributed by atoms with E-state index in [4.69, 9.17) is 0 Å². The van der Waals surface area contributed by atoms with Crippen molar-refractivity contribution in [1.82, 2.24) is 15.1 Å². The zero-order valence-electron chi connectivity index (χ0n) is 15.7. The molecule has 0 saturated carbocycles. The highest BCUT2D eigenvalue weighted by Gasteiger charge is 2.43. The normalized spacial score (nSPS) is 18.9. The van der Waals surface area contributed by atoms with Crippen LogP contribution in [0.5, 0.6) is 0 Å². The maximum atomic E-state index is 13.3. The molecule has 0 saturated heterocycles. The Morgan fingerprint density at radius 2 is 1.71 bits per heavy atom. The fraction of sp³-hybridized carbons (Fsp3) is 0.217. The van der Waals surface area contributed by atoms with Crippen molar-refractivity contribution in [2.45, 2.75) is 12.5 Å². The van der Waals surface area contributed by atoms with Gasteiger partial charge >= 0.3 is 6.03 Å². The molecule has 0 radical (unpaired) electrons. The zero-order chi connectivity index (χ0) is 19.5. The average molecular weight is 373 g/mol. The lowest BCUT2D eigenvalue weighted by Crippen LogP contribution is -2.47. The van der Waals surface area contributed by atoms with Crippen molar-refractivity contribution in [3.8, 4) is 0 Å². The van der Waals surface area contributed by atoms with Crippen molar-refractivity contribution in [2.75, 3.05) is 19.6 Å². The Labute approximate surface area is 165 Å². The van der Waals surface area contributed by atoms with Crippen LogP contribution in [0.4, 0.5) is 4.79 Å². The molecule has 0 aliphatic carbocycles. The number of rotatable bonds is 6. The van der Waals surface area contributed by atoms with Gasteiger partial charge in [0.1, 0.15) is 0 Å². The van der Waals surface area contributed by atoms with E-state index in [9.17, 15) is 9.59 Å². The predicted molar refractivity (Wildman–Crippen MR) is 108 cm³/mol. The Balaban J connectivity index is 1.62. The molecular weight excluding hydrogens is 350 g/mol. The number of benzene rings is 2. The van der Waals surface area contributed by atoms with E-state index in [1.54, 1.807) is 11.0 Å². The number of nitrogens with one attached hydrogen (secondary N) is 1.